The van der Waals surface area contributed by atoms with Crippen LogP contribution in [0, 0.1) is 0 Å². The molecule has 0 spiro atoms. The molecule has 0 saturated carbocycles. The van der Waals surface area contributed by atoms with Crippen LogP contribution in [0.1, 0.15) is 25.7 Å². The van der Waals surface area contributed by atoms with Crippen LogP contribution in [0.5, 0.6) is 0 Å². The molecule has 2 amide bonds. The van der Waals surface area contributed by atoms with Crippen molar-refractivity contribution in [1.82, 2.24) is 16.0 Å². The van der Waals surface area contributed by atoms with Crippen molar-refractivity contribution < 1.29 is 9.53 Å². The minimum absolute atomic E-state index is 0.0517. The van der Waals surface area contributed by atoms with E-state index in [-0.39, 0.29) is 18.1 Å². The van der Waals surface area contributed by atoms with Crippen molar-refractivity contribution >= 4 is 6.03 Å². The summed E-state index contributed by atoms with van der Waals surface area (Å²) in [5, 5.41) is 9.24. The number of rotatable bonds is 2. The van der Waals surface area contributed by atoms with Crippen LogP contribution in [0.2, 0.25) is 0 Å². The Morgan fingerprint density at radius 2 is 2.00 bits per heavy atom. The van der Waals surface area contributed by atoms with Gasteiger partial charge in [0.25, 0.3) is 0 Å². The van der Waals surface area contributed by atoms with E-state index in [4.69, 9.17) is 4.74 Å². The van der Waals surface area contributed by atoms with E-state index in [2.05, 4.69) is 16.0 Å². The fourth-order valence-electron chi connectivity index (χ4n) is 2.24. The number of nitrogens with one attached hydrogen (secondary N) is 3. The highest BCUT2D eigenvalue weighted by Crippen LogP contribution is 2.06. The van der Waals surface area contributed by atoms with E-state index in [1.165, 1.54) is 0 Å². The zero-order chi connectivity index (χ0) is 11.2. The Bertz CT molecular complexity index is 201. The number of hydrogen-bond acceptors (Lipinski definition) is 3. The summed E-state index contributed by atoms with van der Waals surface area (Å²) in [7, 11) is 0. The molecule has 0 aromatic heterocycles. The summed E-state index contributed by atoms with van der Waals surface area (Å²) in [5.41, 5.74) is 0. The molecule has 0 aromatic rings. The molecule has 0 aromatic carbocycles. The molecular formula is C11H21N3O2. The van der Waals surface area contributed by atoms with Gasteiger partial charge in [-0.3, -0.25) is 0 Å². The lowest BCUT2D eigenvalue weighted by Gasteiger charge is -2.27. The maximum absolute atomic E-state index is 11.7. The van der Waals surface area contributed by atoms with E-state index in [0.29, 0.717) is 6.61 Å². The van der Waals surface area contributed by atoms with Gasteiger partial charge in [-0.15, -0.1) is 0 Å². The molecule has 0 radical (unpaired) electrons. The molecule has 5 heteroatoms. The number of urea groups is 1. The summed E-state index contributed by atoms with van der Waals surface area (Å²) in [6, 6.07) is 0.410. The van der Waals surface area contributed by atoms with Gasteiger partial charge in [-0.25, -0.2) is 4.79 Å². The van der Waals surface area contributed by atoms with Crippen LogP contribution >= 0.6 is 0 Å². The first-order valence-corrected chi connectivity index (χ1v) is 6.20. The molecule has 16 heavy (non-hydrogen) atoms. The Labute approximate surface area is 96.3 Å². The standard InChI is InChI=1S/C11H21N3O2/c15-11(13-9-3-1-5-12-7-9)14-10-4-2-6-16-8-10/h9-10,12H,1-8H2,(H2,13,14,15). The molecule has 2 saturated heterocycles. The molecule has 2 aliphatic rings. The summed E-state index contributed by atoms with van der Waals surface area (Å²) in [5.74, 6) is 0. The van der Waals surface area contributed by atoms with Gasteiger partial charge in [-0.1, -0.05) is 0 Å². The number of ether oxygens (including phenoxy) is 1. The Balaban J connectivity index is 1.66. The number of carbonyl (C=O) groups is 1. The van der Waals surface area contributed by atoms with E-state index in [1.807, 2.05) is 0 Å². The first-order chi connectivity index (χ1) is 7.84. The highest BCUT2D eigenvalue weighted by Gasteiger charge is 2.19. The van der Waals surface area contributed by atoms with Crippen LogP contribution in [0.3, 0.4) is 0 Å². The van der Waals surface area contributed by atoms with Gasteiger partial charge in [-0.2, -0.15) is 0 Å². The maximum atomic E-state index is 11.7. The smallest absolute Gasteiger partial charge is 0.315 e. The lowest BCUT2D eigenvalue weighted by molar-refractivity contribution is 0.0730. The molecule has 2 heterocycles. The molecule has 92 valence electrons. The van der Waals surface area contributed by atoms with Gasteiger partial charge in [0.15, 0.2) is 0 Å². The maximum Gasteiger partial charge on any atom is 0.315 e. The Morgan fingerprint density at radius 1 is 1.19 bits per heavy atom. The van der Waals surface area contributed by atoms with E-state index in [1.54, 1.807) is 0 Å². The van der Waals surface area contributed by atoms with Gasteiger partial charge in [0.1, 0.15) is 0 Å². The Morgan fingerprint density at radius 3 is 2.69 bits per heavy atom. The summed E-state index contributed by atoms with van der Waals surface area (Å²) in [6.07, 6.45) is 4.27. The lowest BCUT2D eigenvalue weighted by atomic mass is 10.1. The average Bonchev–Trinajstić information content (AvgIpc) is 2.31. The van der Waals surface area contributed by atoms with E-state index < -0.39 is 0 Å². The van der Waals surface area contributed by atoms with Gasteiger partial charge in [0, 0.05) is 19.2 Å². The summed E-state index contributed by atoms with van der Waals surface area (Å²) < 4.78 is 5.32. The second-order valence-electron chi connectivity index (χ2n) is 4.58. The molecule has 0 bridgehead atoms. The third-order valence-corrected chi connectivity index (χ3v) is 3.13. The van der Waals surface area contributed by atoms with Crippen LogP contribution in [-0.2, 0) is 4.74 Å². The van der Waals surface area contributed by atoms with Crippen molar-refractivity contribution in [2.75, 3.05) is 26.3 Å². The average molecular weight is 227 g/mol. The van der Waals surface area contributed by atoms with Crippen LogP contribution in [0.4, 0.5) is 4.79 Å². The van der Waals surface area contributed by atoms with Crippen molar-refractivity contribution in [3.8, 4) is 0 Å². The zero-order valence-corrected chi connectivity index (χ0v) is 9.63. The van der Waals surface area contributed by atoms with Crippen molar-refractivity contribution in [3.63, 3.8) is 0 Å². The van der Waals surface area contributed by atoms with E-state index >= 15 is 0 Å². The Hall–Kier alpha value is -0.810. The Kier molecular flexibility index (Phi) is 4.42. The summed E-state index contributed by atoms with van der Waals surface area (Å²) >= 11 is 0. The number of piperidine rings is 1. The van der Waals surface area contributed by atoms with Crippen molar-refractivity contribution in [3.05, 3.63) is 0 Å². The van der Waals surface area contributed by atoms with Crippen molar-refractivity contribution in [1.29, 1.82) is 0 Å². The molecule has 2 fully saturated rings. The van der Waals surface area contributed by atoms with E-state index in [9.17, 15) is 4.79 Å². The van der Waals surface area contributed by atoms with Gasteiger partial charge >= 0.3 is 6.03 Å². The first kappa shape index (κ1) is 11.7. The summed E-state index contributed by atoms with van der Waals surface area (Å²) in [6.45, 7) is 3.42. The zero-order valence-electron chi connectivity index (χ0n) is 9.63. The minimum atomic E-state index is -0.0517. The third-order valence-electron chi connectivity index (χ3n) is 3.13. The quantitative estimate of drug-likeness (QED) is 0.632. The van der Waals surface area contributed by atoms with Crippen LogP contribution in [0.25, 0.3) is 0 Å². The first-order valence-electron chi connectivity index (χ1n) is 6.20. The highest BCUT2D eigenvalue weighted by molar-refractivity contribution is 5.74. The van der Waals surface area contributed by atoms with Crippen LogP contribution < -0.4 is 16.0 Å². The largest absolute Gasteiger partial charge is 0.379 e. The normalized spacial score (nSPS) is 30.8. The van der Waals surface area contributed by atoms with Gasteiger partial charge < -0.3 is 20.7 Å². The molecule has 5 nitrogen and oxygen atoms in total. The van der Waals surface area contributed by atoms with Gasteiger partial charge in [0.05, 0.1) is 12.6 Å². The molecular weight excluding hydrogens is 206 g/mol. The predicted octanol–water partition coefficient (Wildman–Crippen LogP) is 0.217. The molecule has 2 rings (SSSR count). The minimum Gasteiger partial charge on any atom is -0.379 e. The van der Waals surface area contributed by atoms with Crippen molar-refractivity contribution in [2.24, 2.45) is 0 Å². The summed E-state index contributed by atoms with van der Waals surface area (Å²) in [4.78, 5) is 11.7. The SMILES string of the molecule is O=C(NC1CCCNC1)NC1CCCOC1. The topological polar surface area (TPSA) is 62.4 Å². The molecule has 2 atom stereocenters. The fourth-order valence-corrected chi connectivity index (χ4v) is 2.24. The number of hydrogen-bond donors (Lipinski definition) is 3. The van der Waals surface area contributed by atoms with Crippen LogP contribution in [-0.4, -0.2) is 44.4 Å². The monoisotopic (exact) mass is 227 g/mol. The third kappa shape index (κ3) is 3.64. The lowest BCUT2D eigenvalue weighted by Crippen LogP contribution is -2.52. The predicted molar refractivity (Wildman–Crippen MR) is 61.4 cm³/mol. The van der Waals surface area contributed by atoms with E-state index in [0.717, 1.165) is 45.4 Å². The van der Waals surface area contributed by atoms with Crippen LogP contribution in [0.15, 0.2) is 0 Å². The highest BCUT2D eigenvalue weighted by atomic mass is 16.5. The van der Waals surface area contributed by atoms with Gasteiger partial charge in [-0.05, 0) is 32.2 Å². The number of carbonyl (C=O) groups excluding carboxylic acids is 1. The van der Waals surface area contributed by atoms with Crippen molar-refractivity contribution in [2.45, 2.75) is 37.8 Å². The molecule has 2 unspecified atom stereocenters. The second-order valence-corrected chi connectivity index (χ2v) is 4.58. The van der Waals surface area contributed by atoms with Gasteiger partial charge in [0.2, 0.25) is 0 Å². The number of amides is 2. The fraction of sp³-hybridized carbons (Fsp3) is 0.909. The second kappa shape index (κ2) is 6.06. The molecule has 3 N–H and O–H groups in total. The molecule has 2 aliphatic heterocycles. The molecule has 0 aliphatic carbocycles.